The highest BCUT2D eigenvalue weighted by atomic mass is 19.1. The van der Waals surface area contributed by atoms with Gasteiger partial charge >= 0.3 is 0 Å². The third kappa shape index (κ3) is 3.29. The van der Waals surface area contributed by atoms with Crippen LogP contribution in [0.3, 0.4) is 0 Å². The molecule has 0 amide bonds. The van der Waals surface area contributed by atoms with Crippen molar-refractivity contribution in [2.24, 2.45) is 5.92 Å². The molecule has 6 nitrogen and oxygen atoms in total. The Bertz CT molecular complexity index is 692. The van der Waals surface area contributed by atoms with E-state index in [1.54, 1.807) is 16.8 Å². The van der Waals surface area contributed by atoms with E-state index in [-0.39, 0.29) is 5.56 Å². The normalized spacial score (nSPS) is 16.0. The lowest BCUT2D eigenvalue weighted by Crippen LogP contribution is -2.37. The second-order valence-electron chi connectivity index (χ2n) is 5.63. The molecule has 0 saturated carbocycles. The van der Waals surface area contributed by atoms with E-state index in [0.717, 1.165) is 31.6 Å². The minimum absolute atomic E-state index is 0.0603. The molecular weight excluding hydrogens is 285 g/mol. The van der Waals surface area contributed by atoms with Gasteiger partial charge in [0.15, 0.2) is 5.82 Å². The quantitative estimate of drug-likeness (QED) is 0.857. The SMILES string of the molecule is Cc1ccc(=O)n(CC2CCN(c3ncc(F)cn3)CC2)n1. The highest BCUT2D eigenvalue weighted by Crippen LogP contribution is 2.21. The maximum Gasteiger partial charge on any atom is 0.266 e. The molecule has 0 aliphatic carbocycles. The fourth-order valence-electron chi connectivity index (χ4n) is 2.71. The van der Waals surface area contributed by atoms with E-state index in [0.29, 0.717) is 18.4 Å². The first-order valence-electron chi connectivity index (χ1n) is 7.39. The van der Waals surface area contributed by atoms with Gasteiger partial charge in [-0.15, -0.1) is 0 Å². The number of rotatable bonds is 3. The molecule has 116 valence electrons. The summed E-state index contributed by atoms with van der Waals surface area (Å²) in [4.78, 5) is 21.9. The van der Waals surface area contributed by atoms with Gasteiger partial charge in [0.05, 0.1) is 18.1 Å². The van der Waals surface area contributed by atoms with Gasteiger partial charge in [-0.25, -0.2) is 19.0 Å². The summed E-state index contributed by atoms with van der Waals surface area (Å²) in [6, 6.07) is 3.29. The molecule has 2 aromatic rings. The molecule has 2 aromatic heterocycles. The lowest BCUT2D eigenvalue weighted by molar-refractivity contribution is 0.332. The predicted octanol–water partition coefficient (Wildman–Crippen LogP) is 1.40. The maximum absolute atomic E-state index is 12.8. The molecule has 7 heteroatoms. The molecule has 1 saturated heterocycles. The summed E-state index contributed by atoms with van der Waals surface area (Å²) in [5.74, 6) is 0.540. The number of hydrogen-bond acceptors (Lipinski definition) is 5. The molecule has 0 atom stereocenters. The van der Waals surface area contributed by atoms with Gasteiger partial charge in [-0.1, -0.05) is 0 Å². The molecule has 0 bridgehead atoms. The predicted molar refractivity (Wildman–Crippen MR) is 80.2 cm³/mol. The summed E-state index contributed by atoms with van der Waals surface area (Å²) in [5, 5.41) is 4.28. The summed E-state index contributed by atoms with van der Waals surface area (Å²) < 4.78 is 14.4. The second kappa shape index (κ2) is 6.21. The third-order valence-corrected chi connectivity index (χ3v) is 3.94. The fourth-order valence-corrected chi connectivity index (χ4v) is 2.71. The van der Waals surface area contributed by atoms with E-state index < -0.39 is 5.82 Å². The van der Waals surface area contributed by atoms with E-state index in [2.05, 4.69) is 15.1 Å². The smallest absolute Gasteiger partial charge is 0.266 e. The van der Waals surface area contributed by atoms with Gasteiger partial charge in [0, 0.05) is 25.7 Å². The minimum atomic E-state index is -0.427. The number of aryl methyl sites for hydroxylation is 1. The number of nitrogens with zero attached hydrogens (tertiary/aromatic N) is 5. The average molecular weight is 303 g/mol. The van der Waals surface area contributed by atoms with Crippen LogP contribution in [0.4, 0.5) is 10.3 Å². The van der Waals surface area contributed by atoms with E-state index in [1.807, 2.05) is 11.8 Å². The largest absolute Gasteiger partial charge is 0.341 e. The first-order valence-corrected chi connectivity index (χ1v) is 7.39. The van der Waals surface area contributed by atoms with Gasteiger partial charge in [0.25, 0.3) is 5.56 Å². The number of piperidine rings is 1. The summed E-state index contributed by atoms with van der Waals surface area (Å²) in [5.41, 5.74) is 0.784. The highest BCUT2D eigenvalue weighted by molar-refractivity contribution is 5.29. The van der Waals surface area contributed by atoms with Gasteiger partial charge in [-0.2, -0.15) is 5.10 Å². The van der Waals surface area contributed by atoms with Crippen LogP contribution in [0.1, 0.15) is 18.5 Å². The Morgan fingerprint density at radius 1 is 1.23 bits per heavy atom. The van der Waals surface area contributed by atoms with Crippen LogP contribution in [0, 0.1) is 18.7 Å². The Hall–Kier alpha value is -2.31. The van der Waals surface area contributed by atoms with Crippen LogP contribution in [0.2, 0.25) is 0 Å². The van der Waals surface area contributed by atoms with Crippen LogP contribution in [0.25, 0.3) is 0 Å². The summed E-state index contributed by atoms with van der Waals surface area (Å²) in [7, 11) is 0. The van der Waals surface area contributed by atoms with E-state index >= 15 is 0 Å². The minimum Gasteiger partial charge on any atom is -0.341 e. The third-order valence-electron chi connectivity index (χ3n) is 3.94. The maximum atomic E-state index is 12.8. The Morgan fingerprint density at radius 3 is 2.59 bits per heavy atom. The molecule has 1 aliphatic rings. The molecule has 1 aliphatic heterocycles. The van der Waals surface area contributed by atoms with Crippen LogP contribution < -0.4 is 10.5 Å². The standard InChI is InChI=1S/C15H18FN5O/c1-11-2-3-14(22)21(19-11)10-12-4-6-20(7-5-12)15-17-8-13(16)9-18-15/h2-3,8-9,12H,4-7,10H2,1H3. The Balaban J connectivity index is 1.61. The van der Waals surface area contributed by atoms with Crippen molar-refractivity contribution in [1.29, 1.82) is 0 Å². The van der Waals surface area contributed by atoms with Gasteiger partial charge in [0.2, 0.25) is 5.95 Å². The fraction of sp³-hybridized carbons (Fsp3) is 0.467. The topological polar surface area (TPSA) is 63.9 Å². The lowest BCUT2D eigenvalue weighted by Gasteiger charge is -2.31. The monoisotopic (exact) mass is 303 g/mol. The van der Waals surface area contributed by atoms with Crippen molar-refractivity contribution in [3.8, 4) is 0 Å². The first kappa shape index (κ1) is 14.6. The zero-order valence-corrected chi connectivity index (χ0v) is 12.4. The van der Waals surface area contributed by atoms with Crippen molar-refractivity contribution in [1.82, 2.24) is 19.7 Å². The second-order valence-corrected chi connectivity index (χ2v) is 5.63. The molecule has 3 heterocycles. The average Bonchev–Trinajstić information content (AvgIpc) is 2.53. The van der Waals surface area contributed by atoms with Gasteiger partial charge in [-0.05, 0) is 31.7 Å². The summed E-state index contributed by atoms with van der Waals surface area (Å²) in [6.45, 7) is 4.12. The molecule has 0 unspecified atom stereocenters. The first-order chi connectivity index (χ1) is 10.6. The lowest BCUT2D eigenvalue weighted by atomic mass is 9.97. The molecule has 1 fully saturated rings. The zero-order valence-electron chi connectivity index (χ0n) is 12.4. The van der Waals surface area contributed by atoms with E-state index in [9.17, 15) is 9.18 Å². The van der Waals surface area contributed by atoms with Crippen LogP contribution in [-0.2, 0) is 6.54 Å². The van der Waals surface area contributed by atoms with Crippen molar-refractivity contribution < 1.29 is 4.39 Å². The van der Waals surface area contributed by atoms with Crippen molar-refractivity contribution in [3.05, 3.63) is 46.4 Å². The Kier molecular flexibility index (Phi) is 4.13. The summed E-state index contributed by atoms with van der Waals surface area (Å²) in [6.07, 6.45) is 4.24. The zero-order chi connectivity index (χ0) is 15.5. The van der Waals surface area contributed by atoms with Crippen molar-refractivity contribution in [3.63, 3.8) is 0 Å². The van der Waals surface area contributed by atoms with Crippen LogP contribution in [0.5, 0.6) is 0 Å². The van der Waals surface area contributed by atoms with Crippen LogP contribution >= 0.6 is 0 Å². The van der Waals surface area contributed by atoms with Gasteiger partial charge < -0.3 is 4.90 Å². The van der Waals surface area contributed by atoms with Crippen LogP contribution in [0.15, 0.2) is 29.3 Å². The highest BCUT2D eigenvalue weighted by Gasteiger charge is 2.21. The molecule has 3 rings (SSSR count). The van der Waals surface area contributed by atoms with Crippen LogP contribution in [-0.4, -0.2) is 32.8 Å². The molecule has 0 spiro atoms. The van der Waals surface area contributed by atoms with Crippen molar-refractivity contribution in [2.45, 2.75) is 26.3 Å². The Labute approximate surface area is 127 Å². The number of anilines is 1. The van der Waals surface area contributed by atoms with Crippen molar-refractivity contribution in [2.75, 3.05) is 18.0 Å². The molecule has 0 radical (unpaired) electrons. The molecule has 0 N–H and O–H groups in total. The van der Waals surface area contributed by atoms with Crippen molar-refractivity contribution >= 4 is 5.95 Å². The summed E-state index contributed by atoms with van der Waals surface area (Å²) >= 11 is 0. The molecular formula is C15H18FN5O. The van der Waals surface area contributed by atoms with E-state index in [1.165, 1.54) is 12.4 Å². The molecule has 0 aromatic carbocycles. The van der Waals surface area contributed by atoms with Gasteiger partial charge in [0.1, 0.15) is 0 Å². The Morgan fingerprint density at radius 2 is 1.91 bits per heavy atom. The van der Waals surface area contributed by atoms with E-state index in [4.69, 9.17) is 0 Å². The molecule has 22 heavy (non-hydrogen) atoms. The number of aromatic nitrogens is 4. The number of halogens is 1. The van der Waals surface area contributed by atoms with Gasteiger partial charge in [-0.3, -0.25) is 4.79 Å². The number of hydrogen-bond donors (Lipinski definition) is 0.